The molecular formula is C12H15FINO3. The molecule has 0 aliphatic rings. The van der Waals surface area contributed by atoms with Crippen LogP contribution in [0.4, 0.5) is 10.1 Å². The van der Waals surface area contributed by atoms with E-state index < -0.39 is 12.1 Å². The summed E-state index contributed by atoms with van der Waals surface area (Å²) < 4.78 is 18.4. The molecule has 18 heavy (non-hydrogen) atoms. The third kappa shape index (κ3) is 4.77. The van der Waals surface area contributed by atoms with Gasteiger partial charge in [-0.15, -0.1) is 0 Å². The molecule has 0 spiro atoms. The lowest BCUT2D eigenvalue weighted by Crippen LogP contribution is -2.24. The molecule has 0 saturated heterocycles. The first-order valence-electron chi connectivity index (χ1n) is 5.56. The van der Waals surface area contributed by atoms with E-state index in [2.05, 4.69) is 5.32 Å². The Kier molecular flexibility index (Phi) is 6.34. The number of aliphatic hydroxyl groups excluding tert-OH is 1. The molecule has 2 N–H and O–H groups in total. The highest BCUT2D eigenvalue weighted by Gasteiger charge is 2.12. The highest BCUT2D eigenvalue weighted by atomic mass is 127. The largest absolute Gasteiger partial charge is 0.466 e. The Labute approximate surface area is 119 Å². The monoisotopic (exact) mass is 367 g/mol. The molecule has 1 aromatic carbocycles. The second-order valence-corrected chi connectivity index (χ2v) is 4.72. The van der Waals surface area contributed by atoms with Crippen molar-refractivity contribution in [1.82, 2.24) is 0 Å². The van der Waals surface area contributed by atoms with E-state index >= 15 is 0 Å². The fraction of sp³-hybridized carbons (Fsp3) is 0.417. The third-order valence-corrected chi connectivity index (χ3v) is 3.28. The molecule has 100 valence electrons. The van der Waals surface area contributed by atoms with Crippen LogP contribution in [0, 0.1) is 9.39 Å². The molecule has 0 radical (unpaired) electrons. The summed E-state index contributed by atoms with van der Waals surface area (Å²) in [5.74, 6) is -0.763. The van der Waals surface area contributed by atoms with E-state index in [9.17, 15) is 14.3 Å². The summed E-state index contributed by atoms with van der Waals surface area (Å²) in [6, 6.07) is 4.65. The molecule has 0 saturated carbocycles. The van der Waals surface area contributed by atoms with E-state index in [4.69, 9.17) is 4.74 Å². The zero-order valence-electron chi connectivity index (χ0n) is 9.95. The lowest BCUT2D eigenvalue weighted by molar-refractivity contribution is -0.145. The first-order chi connectivity index (χ1) is 8.54. The predicted octanol–water partition coefficient (Wildman–Crippen LogP) is 2.16. The van der Waals surface area contributed by atoms with Gasteiger partial charge in [0, 0.05) is 6.54 Å². The number of carbonyl (C=O) groups is 1. The molecule has 0 aromatic heterocycles. The maximum absolute atomic E-state index is 13.2. The molecule has 0 heterocycles. The highest BCUT2D eigenvalue weighted by Crippen LogP contribution is 2.20. The summed E-state index contributed by atoms with van der Waals surface area (Å²) in [5.41, 5.74) is 0.596. The number of hydrogen-bond acceptors (Lipinski definition) is 4. The van der Waals surface area contributed by atoms with Crippen LogP contribution in [0.3, 0.4) is 0 Å². The van der Waals surface area contributed by atoms with Gasteiger partial charge in [-0.3, -0.25) is 4.79 Å². The van der Waals surface area contributed by atoms with Gasteiger partial charge in [0.15, 0.2) is 0 Å². The van der Waals surface area contributed by atoms with Crippen LogP contribution >= 0.6 is 22.6 Å². The second-order valence-electron chi connectivity index (χ2n) is 3.65. The van der Waals surface area contributed by atoms with Gasteiger partial charge in [0.05, 0.1) is 28.4 Å². The Morgan fingerprint density at radius 3 is 3.00 bits per heavy atom. The van der Waals surface area contributed by atoms with E-state index in [1.807, 2.05) is 22.6 Å². The molecule has 0 aliphatic carbocycles. The maximum Gasteiger partial charge on any atom is 0.308 e. The van der Waals surface area contributed by atoms with E-state index in [-0.39, 0.29) is 18.8 Å². The summed E-state index contributed by atoms with van der Waals surface area (Å²) in [5, 5.41) is 12.5. The highest BCUT2D eigenvalue weighted by molar-refractivity contribution is 14.1. The van der Waals surface area contributed by atoms with Gasteiger partial charge in [0.2, 0.25) is 0 Å². The molecule has 1 aromatic rings. The van der Waals surface area contributed by atoms with E-state index in [0.717, 1.165) is 0 Å². The molecule has 4 nitrogen and oxygen atoms in total. The lowest BCUT2D eigenvalue weighted by atomic mass is 10.2. The first-order valence-corrected chi connectivity index (χ1v) is 6.64. The van der Waals surface area contributed by atoms with E-state index in [1.165, 1.54) is 6.07 Å². The molecule has 0 bridgehead atoms. The van der Waals surface area contributed by atoms with Crippen molar-refractivity contribution in [2.45, 2.75) is 19.4 Å². The van der Waals surface area contributed by atoms with Gasteiger partial charge in [0.25, 0.3) is 0 Å². The number of hydrogen-bond donors (Lipinski definition) is 2. The summed E-state index contributed by atoms with van der Waals surface area (Å²) in [4.78, 5) is 11.1. The summed E-state index contributed by atoms with van der Waals surface area (Å²) >= 11 is 1.88. The van der Waals surface area contributed by atoms with Crippen molar-refractivity contribution < 1.29 is 19.0 Å². The van der Waals surface area contributed by atoms with Crippen molar-refractivity contribution in [3.63, 3.8) is 0 Å². The van der Waals surface area contributed by atoms with Crippen molar-refractivity contribution in [3.8, 4) is 0 Å². The van der Waals surface area contributed by atoms with Crippen LogP contribution < -0.4 is 5.32 Å². The molecule has 0 fully saturated rings. The van der Waals surface area contributed by atoms with Crippen molar-refractivity contribution in [1.29, 1.82) is 0 Å². The molecule has 6 heteroatoms. The minimum Gasteiger partial charge on any atom is -0.466 e. The molecular weight excluding hydrogens is 352 g/mol. The van der Waals surface area contributed by atoms with Crippen molar-refractivity contribution in [2.24, 2.45) is 0 Å². The Balaban J connectivity index is 2.45. The van der Waals surface area contributed by atoms with Crippen molar-refractivity contribution >= 4 is 34.2 Å². The standard InChI is InChI=1S/C12H15FINO3/c1-2-18-11(17)6-8(16)7-15-10-5-3-4-9(13)12(10)14/h3-5,8,15-16H,2,6-7H2,1H3. The molecule has 0 aliphatic heterocycles. The summed E-state index contributed by atoms with van der Waals surface area (Å²) in [6.45, 7) is 2.16. The van der Waals surface area contributed by atoms with Crippen LogP contribution in [0.5, 0.6) is 0 Å². The number of halogens is 2. The van der Waals surface area contributed by atoms with Gasteiger partial charge in [-0.05, 0) is 41.6 Å². The number of nitrogens with one attached hydrogen (secondary N) is 1. The quantitative estimate of drug-likeness (QED) is 0.598. The number of anilines is 1. The smallest absolute Gasteiger partial charge is 0.308 e. The van der Waals surface area contributed by atoms with Gasteiger partial charge in [-0.2, -0.15) is 0 Å². The number of carbonyl (C=O) groups excluding carboxylic acids is 1. The van der Waals surface area contributed by atoms with Crippen LogP contribution in [0.25, 0.3) is 0 Å². The Morgan fingerprint density at radius 2 is 2.33 bits per heavy atom. The molecule has 1 rings (SSSR count). The van der Waals surface area contributed by atoms with Crippen molar-refractivity contribution in [2.75, 3.05) is 18.5 Å². The van der Waals surface area contributed by atoms with Crippen molar-refractivity contribution in [3.05, 3.63) is 27.6 Å². The van der Waals surface area contributed by atoms with Crippen LogP contribution in [0.2, 0.25) is 0 Å². The Bertz CT molecular complexity index is 414. The third-order valence-electron chi connectivity index (χ3n) is 2.19. The predicted molar refractivity (Wildman–Crippen MR) is 74.9 cm³/mol. The SMILES string of the molecule is CCOC(=O)CC(O)CNc1cccc(F)c1I. The zero-order valence-corrected chi connectivity index (χ0v) is 12.1. The maximum atomic E-state index is 13.2. The summed E-state index contributed by atoms with van der Waals surface area (Å²) in [7, 11) is 0. The number of benzene rings is 1. The number of ether oxygens (including phenoxy) is 1. The zero-order chi connectivity index (χ0) is 13.5. The van der Waals surface area contributed by atoms with Gasteiger partial charge >= 0.3 is 5.97 Å². The summed E-state index contributed by atoms with van der Waals surface area (Å²) in [6.07, 6.45) is -0.935. The fourth-order valence-corrected chi connectivity index (χ4v) is 1.90. The van der Waals surface area contributed by atoms with Crippen LogP contribution in [-0.2, 0) is 9.53 Å². The van der Waals surface area contributed by atoms with Gasteiger partial charge in [-0.25, -0.2) is 4.39 Å². The minimum absolute atomic E-state index is 0.0767. The van der Waals surface area contributed by atoms with Crippen LogP contribution in [-0.4, -0.2) is 30.3 Å². The van der Waals surface area contributed by atoms with E-state index in [1.54, 1.807) is 19.1 Å². The topological polar surface area (TPSA) is 58.6 Å². The molecule has 0 amide bonds. The average molecular weight is 367 g/mol. The van der Waals surface area contributed by atoms with Gasteiger partial charge < -0.3 is 15.2 Å². The van der Waals surface area contributed by atoms with Crippen LogP contribution in [0.1, 0.15) is 13.3 Å². The van der Waals surface area contributed by atoms with Gasteiger partial charge in [-0.1, -0.05) is 6.07 Å². The fourth-order valence-electron chi connectivity index (χ4n) is 1.35. The lowest BCUT2D eigenvalue weighted by Gasteiger charge is -2.13. The minimum atomic E-state index is -0.858. The van der Waals surface area contributed by atoms with Gasteiger partial charge in [0.1, 0.15) is 5.82 Å². The Hall–Kier alpha value is -0.890. The van der Waals surface area contributed by atoms with E-state index in [0.29, 0.717) is 15.9 Å². The number of esters is 1. The number of aliphatic hydroxyl groups is 1. The number of rotatable bonds is 6. The Morgan fingerprint density at radius 1 is 1.61 bits per heavy atom. The first kappa shape index (κ1) is 15.2. The normalized spacial score (nSPS) is 12.0. The molecule has 1 unspecified atom stereocenters. The average Bonchev–Trinajstić information content (AvgIpc) is 2.31. The second kappa shape index (κ2) is 7.52. The van der Waals surface area contributed by atoms with Crippen LogP contribution in [0.15, 0.2) is 18.2 Å². The molecule has 1 atom stereocenters.